The Morgan fingerprint density at radius 2 is 2.00 bits per heavy atom. The van der Waals surface area contributed by atoms with Gasteiger partial charge in [0.2, 0.25) is 5.88 Å². The summed E-state index contributed by atoms with van der Waals surface area (Å²) in [6, 6.07) is 4.21. The summed E-state index contributed by atoms with van der Waals surface area (Å²) >= 11 is 0. The molecular formula is C16H28N2O. The first-order valence-electron chi connectivity index (χ1n) is 7.36. The number of aromatic nitrogens is 1. The van der Waals surface area contributed by atoms with E-state index in [4.69, 9.17) is 4.74 Å². The van der Waals surface area contributed by atoms with Crippen molar-refractivity contribution in [2.75, 3.05) is 7.05 Å². The molecule has 1 aromatic heterocycles. The molecule has 0 saturated carbocycles. The van der Waals surface area contributed by atoms with Gasteiger partial charge in [-0.05, 0) is 44.4 Å². The van der Waals surface area contributed by atoms with Crippen molar-refractivity contribution >= 4 is 0 Å². The van der Waals surface area contributed by atoms with Crippen molar-refractivity contribution < 1.29 is 4.74 Å². The van der Waals surface area contributed by atoms with Crippen LogP contribution in [-0.4, -0.2) is 18.1 Å². The van der Waals surface area contributed by atoms with Crippen LogP contribution in [0.15, 0.2) is 12.1 Å². The summed E-state index contributed by atoms with van der Waals surface area (Å²) < 4.78 is 5.96. The lowest BCUT2D eigenvalue weighted by molar-refractivity contribution is 0.185. The third kappa shape index (κ3) is 6.06. The molecule has 0 aliphatic rings. The molecule has 1 rings (SSSR count). The van der Waals surface area contributed by atoms with Crippen LogP contribution < -0.4 is 10.1 Å². The van der Waals surface area contributed by atoms with Gasteiger partial charge in [0.05, 0.1) is 6.10 Å². The van der Waals surface area contributed by atoms with Gasteiger partial charge in [0.25, 0.3) is 0 Å². The van der Waals surface area contributed by atoms with Crippen LogP contribution in [0.4, 0.5) is 0 Å². The molecule has 19 heavy (non-hydrogen) atoms. The van der Waals surface area contributed by atoms with Gasteiger partial charge in [-0.3, -0.25) is 0 Å². The zero-order chi connectivity index (χ0) is 14.3. The standard InChI is InChI=1S/C16H28N2O/c1-6-7-15-9-14(11-17-5)10-16(18-15)19-13(4)8-12(2)3/h9-10,12-13,17H,6-8,11H2,1-5H3. The van der Waals surface area contributed by atoms with Crippen molar-refractivity contribution in [1.29, 1.82) is 0 Å². The molecule has 0 amide bonds. The molecule has 0 bridgehead atoms. The number of rotatable bonds is 8. The molecule has 0 aromatic carbocycles. The second-order valence-electron chi connectivity index (χ2n) is 5.64. The Kier molecular flexibility index (Phi) is 6.85. The monoisotopic (exact) mass is 264 g/mol. The zero-order valence-corrected chi connectivity index (χ0v) is 13.0. The summed E-state index contributed by atoms with van der Waals surface area (Å²) in [5, 5.41) is 3.18. The van der Waals surface area contributed by atoms with E-state index in [2.05, 4.69) is 44.1 Å². The number of nitrogens with zero attached hydrogens (tertiary/aromatic N) is 1. The highest BCUT2D eigenvalue weighted by Gasteiger charge is 2.09. The van der Waals surface area contributed by atoms with Crippen molar-refractivity contribution in [2.24, 2.45) is 5.92 Å². The van der Waals surface area contributed by atoms with E-state index >= 15 is 0 Å². The maximum Gasteiger partial charge on any atom is 0.214 e. The first-order valence-corrected chi connectivity index (χ1v) is 7.36. The van der Waals surface area contributed by atoms with E-state index in [0.29, 0.717) is 5.92 Å². The van der Waals surface area contributed by atoms with Crippen molar-refractivity contribution in [2.45, 2.75) is 59.6 Å². The average molecular weight is 264 g/mol. The molecule has 1 N–H and O–H groups in total. The first-order chi connectivity index (χ1) is 9.05. The summed E-state index contributed by atoms with van der Waals surface area (Å²) in [5.74, 6) is 1.41. The number of hydrogen-bond acceptors (Lipinski definition) is 3. The zero-order valence-electron chi connectivity index (χ0n) is 13.0. The van der Waals surface area contributed by atoms with E-state index in [1.165, 1.54) is 5.56 Å². The normalized spacial score (nSPS) is 12.7. The van der Waals surface area contributed by atoms with Crippen LogP contribution in [0.5, 0.6) is 5.88 Å². The molecule has 1 aromatic rings. The van der Waals surface area contributed by atoms with E-state index in [0.717, 1.165) is 37.4 Å². The second kappa shape index (κ2) is 8.16. The third-order valence-corrected chi connectivity index (χ3v) is 2.93. The molecular weight excluding hydrogens is 236 g/mol. The van der Waals surface area contributed by atoms with Crippen molar-refractivity contribution in [3.05, 3.63) is 23.4 Å². The lowest BCUT2D eigenvalue weighted by Crippen LogP contribution is -2.16. The highest BCUT2D eigenvalue weighted by atomic mass is 16.5. The average Bonchev–Trinajstić information content (AvgIpc) is 2.28. The van der Waals surface area contributed by atoms with E-state index in [1.807, 2.05) is 13.1 Å². The number of hydrogen-bond donors (Lipinski definition) is 1. The van der Waals surface area contributed by atoms with Gasteiger partial charge in [0, 0.05) is 18.3 Å². The topological polar surface area (TPSA) is 34.1 Å². The van der Waals surface area contributed by atoms with Crippen LogP contribution in [-0.2, 0) is 13.0 Å². The van der Waals surface area contributed by atoms with Gasteiger partial charge >= 0.3 is 0 Å². The fourth-order valence-electron chi connectivity index (χ4n) is 2.29. The predicted octanol–water partition coefficient (Wildman–Crippen LogP) is 3.57. The summed E-state index contributed by atoms with van der Waals surface area (Å²) in [5.41, 5.74) is 2.37. The minimum Gasteiger partial charge on any atom is -0.475 e. The van der Waals surface area contributed by atoms with Crippen LogP contribution in [0.1, 0.15) is 51.8 Å². The van der Waals surface area contributed by atoms with Gasteiger partial charge in [0.1, 0.15) is 0 Å². The highest BCUT2D eigenvalue weighted by Crippen LogP contribution is 2.17. The van der Waals surface area contributed by atoms with Crippen molar-refractivity contribution in [3.8, 4) is 5.88 Å². The quantitative estimate of drug-likeness (QED) is 0.779. The van der Waals surface area contributed by atoms with Gasteiger partial charge in [-0.15, -0.1) is 0 Å². The Labute approximate surface area is 117 Å². The molecule has 0 aliphatic carbocycles. The Hall–Kier alpha value is -1.09. The van der Waals surface area contributed by atoms with E-state index in [1.54, 1.807) is 0 Å². The van der Waals surface area contributed by atoms with Gasteiger partial charge in [-0.25, -0.2) is 4.98 Å². The van der Waals surface area contributed by atoms with Gasteiger partial charge in [0.15, 0.2) is 0 Å². The number of aryl methyl sites for hydroxylation is 1. The van der Waals surface area contributed by atoms with Gasteiger partial charge in [-0.1, -0.05) is 27.2 Å². The van der Waals surface area contributed by atoms with E-state index < -0.39 is 0 Å². The Morgan fingerprint density at radius 1 is 1.26 bits per heavy atom. The molecule has 0 radical (unpaired) electrons. The SMILES string of the molecule is CCCc1cc(CNC)cc(OC(C)CC(C)C)n1. The second-order valence-corrected chi connectivity index (χ2v) is 5.64. The van der Waals surface area contributed by atoms with Crippen molar-refractivity contribution in [1.82, 2.24) is 10.3 Å². The number of pyridine rings is 1. The van der Waals surface area contributed by atoms with Crippen LogP contribution in [0.2, 0.25) is 0 Å². The minimum atomic E-state index is 0.215. The summed E-state index contributed by atoms with van der Waals surface area (Å²) in [4.78, 5) is 4.60. The molecule has 0 aliphatic heterocycles. The lowest BCUT2D eigenvalue weighted by atomic mass is 10.1. The maximum atomic E-state index is 5.96. The molecule has 0 saturated heterocycles. The van der Waals surface area contributed by atoms with Crippen molar-refractivity contribution in [3.63, 3.8) is 0 Å². The lowest BCUT2D eigenvalue weighted by Gasteiger charge is -2.17. The van der Waals surface area contributed by atoms with Crippen LogP contribution >= 0.6 is 0 Å². The van der Waals surface area contributed by atoms with Crippen LogP contribution in [0, 0.1) is 5.92 Å². The molecule has 1 unspecified atom stereocenters. The molecule has 1 heterocycles. The molecule has 3 nitrogen and oxygen atoms in total. The summed E-state index contributed by atoms with van der Waals surface area (Å²) in [7, 11) is 1.96. The number of ether oxygens (including phenoxy) is 1. The Bertz CT molecular complexity index is 353. The highest BCUT2D eigenvalue weighted by molar-refractivity contribution is 5.25. The molecule has 1 atom stereocenters. The summed E-state index contributed by atoms with van der Waals surface area (Å²) in [6.07, 6.45) is 3.39. The minimum absolute atomic E-state index is 0.215. The van der Waals surface area contributed by atoms with Crippen LogP contribution in [0.3, 0.4) is 0 Å². The van der Waals surface area contributed by atoms with E-state index in [9.17, 15) is 0 Å². The third-order valence-electron chi connectivity index (χ3n) is 2.93. The van der Waals surface area contributed by atoms with E-state index in [-0.39, 0.29) is 6.10 Å². The number of nitrogens with one attached hydrogen (secondary N) is 1. The molecule has 0 spiro atoms. The largest absolute Gasteiger partial charge is 0.475 e. The van der Waals surface area contributed by atoms with Gasteiger partial charge in [-0.2, -0.15) is 0 Å². The van der Waals surface area contributed by atoms with Gasteiger partial charge < -0.3 is 10.1 Å². The van der Waals surface area contributed by atoms with Crippen LogP contribution in [0.25, 0.3) is 0 Å². The fourth-order valence-corrected chi connectivity index (χ4v) is 2.29. The Morgan fingerprint density at radius 3 is 2.58 bits per heavy atom. The summed E-state index contributed by atoms with van der Waals surface area (Å²) in [6.45, 7) is 9.58. The predicted molar refractivity (Wildman–Crippen MR) is 80.5 cm³/mol. The smallest absolute Gasteiger partial charge is 0.214 e. The molecule has 108 valence electrons. The fraction of sp³-hybridized carbons (Fsp3) is 0.688. The first kappa shape index (κ1) is 16.0. The Balaban J connectivity index is 2.79. The molecule has 3 heteroatoms. The molecule has 0 fully saturated rings. The maximum absolute atomic E-state index is 5.96.